The molecule has 1 atom stereocenters. The normalized spacial score (nSPS) is 11.8. The third kappa shape index (κ3) is 5.56. The minimum absolute atomic E-state index is 0.0915. The quantitative estimate of drug-likeness (QED) is 0.256. The second-order valence-corrected chi connectivity index (χ2v) is 8.57. The second kappa shape index (κ2) is 10.4. The van der Waals surface area contributed by atoms with Crippen LogP contribution in [0.4, 0.5) is 0 Å². The fourth-order valence-corrected chi connectivity index (χ4v) is 3.71. The van der Waals surface area contributed by atoms with Crippen LogP contribution in [-0.4, -0.2) is 21.1 Å². The standard InChI is InChI=1S/C25H20Cl3N3O2/c1-3-15(2)32-25-30-23(20-11-10-18(27)13-21(20)28)22(16-6-8-17(26)9-7-16)24(31-25)33-19-5-4-12-29-14-19/h4-15H,3H2,1-2H3. The maximum Gasteiger partial charge on any atom is 0.320 e. The highest BCUT2D eigenvalue weighted by molar-refractivity contribution is 6.36. The van der Waals surface area contributed by atoms with E-state index < -0.39 is 0 Å². The van der Waals surface area contributed by atoms with Gasteiger partial charge in [0, 0.05) is 21.8 Å². The monoisotopic (exact) mass is 499 g/mol. The summed E-state index contributed by atoms with van der Waals surface area (Å²) in [7, 11) is 0. The van der Waals surface area contributed by atoms with Crippen LogP contribution in [0.2, 0.25) is 15.1 Å². The van der Waals surface area contributed by atoms with Crippen LogP contribution in [0.5, 0.6) is 17.6 Å². The Hall–Kier alpha value is -2.86. The van der Waals surface area contributed by atoms with Gasteiger partial charge in [0.1, 0.15) is 5.75 Å². The van der Waals surface area contributed by atoms with Crippen molar-refractivity contribution in [3.63, 3.8) is 0 Å². The van der Waals surface area contributed by atoms with Crippen LogP contribution in [0.15, 0.2) is 67.0 Å². The van der Waals surface area contributed by atoms with E-state index in [1.807, 2.05) is 32.0 Å². The molecule has 0 aliphatic carbocycles. The number of hydrogen-bond acceptors (Lipinski definition) is 5. The first-order chi connectivity index (χ1) is 15.9. The SMILES string of the molecule is CCC(C)Oc1nc(Oc2cccnc2)c(-c2ccc(Cl)cc2)c(-c2ccc(Cl)cc2Cl)n1. The lowest BCUT2D eigenvalue weighted by atomic mass is 10.00. The van der Waals surface area contributed by atoms with Gasteiger partial charge in [-0.25, -0.2) is 0 Å². The summed E-state index contributed by atoms with van der Waals surface area (Å²) < 4.78 is 12.1. The number of pyridine rings is 1. The van der Waals surface area contributed by atoms with Crippen LogP contribution >= 0.6 is 34.8 Å². The summed E-state index contributed by atoms with van der Waals surface area (Å²) in [5.41, 5.74) is 2.65. The van der Waals surface area contributed by atoms with Gasteiger partial charge in [-0.15, -0.1) is 0 Å². The van der Waals surface area contributed by atoms with Gasteiger partial charge in [0.05, 0.1) is 28.6 Å². The van der Waals surface area contributed by atoms with Gasteiger partial charge < -0.3 is 9.47 Å². The van der Waals surface area contributed by atoms with Gasteiger partial charge in [-0.2, -0.15) is 9.97 Å². The summed E-state index contributed by atoms with van der Waals surface area (Å²) in [6.07, 6.45) is 3.98. The molecule has 0 saturated carbocycles. The van der Waals surface area contributed by atoms with E-state index >= 15 is 0 Å². The highest BCUT2D eigenvalue weighted by Crippen LogP contribution is 2.43. The zero-order valence-corrected chi connectivity index (χ0v) is 20.2. The van der Waals surface area contributed by atoms with E-state index in [2.05, 4.69) is 9.97 Å². The number of ether oxygens (including phenoxy) is 2. The number of rotatable bonds is 7. The lowest BCUT2D eigenvalue weighted by molar-refractivity contribution is 0.197. The van der Waals surface area contributed by atoms with Crippen molar-refractivity contribution >= 4 is 34.8 Å². The topological polar surface area (TPSA) is 57.1 Å². The molecule has 5 nitrogen and oxygen atoms in total. The Labute approximate surface area is 207 Å². The van der Waals surface area contributed by atoms with E-state index in [1.165, 1.54) is 0 Å². The summed E-state index contributed by atoms with van der Waals surface area (Å²) in [6, 6.07) is 16.3. The van der Waals surface area contributed by atoms with Crippen molar-refractivity contribution < 1.29 is 9.47 Å². The molecule has 0 bridgehead atoms. The highest BCUT2D eigenvalue weighted by Gasteiger charge is 2.23. The number of nitrogens with zero attached hydrogens (tertiary/aromatic N) is 3. The molecule has 2 heterocycles. The minimum Gasteiger partial charge on any atom is -0.460 e. The fourth-order valence-electron chi connectivity index (χ4n) is 3.08. The predicted octanol–water partition coefficient (Wildman–Crippen LogP) is 8.14. The number of hydrogen-bond donors (Lipinski definition) is 0. The second-order valence-electron chi connectivity index (χ2n) is 7.29. The molecule has 2 aromatic heterocycles. The maximum absolute atomic E-state index is 6.59. The third-order valence-electron chi connectivity index (χ3n) is 4.90. The van der Waals surface area contributed by atoms with E-state index in [-0.39, 0.29) is 12.1 Å². The van der Waals surface area contributed by atoms with Crippen molar-refractivity contribution in [2.24, 2.45) is 0 Å². The molecule has 0 spiro atoms. The van der Waals surface area contributed by atoms with Crippen molar-refractivity contribution in [3.05, 3.63) is 82.1 Å². The zero-order chi connectivity index (χ0) is 23.4. The molecule has 0 amide bonds. The van der Waals surface area contributed by atoms with Gasteiger partial charge in [-0.05, 0) is 61.4 Å². The molecule has 4 aromatic rings. The van der Waals surface area contributed by atoms with Crippen molar-refractivity contribution in [1.29, 1.82) is 0 Å². The van der Waals surface area contributed by atoms with Crippen LogP contribution in [0.3, 0.4) is 0 Å². The van der Waals surface area contributed by atoms with Crippen LogP contribution in [0.1, 0.15) is 20.3 Å². The van der Waals surface area contributed by atoms with Crippen LogP contribution < -0.4 is 9.47 Å². The summed E-state index contributed by atoms with van der Waals surface area (Å²) in [4.78, 5) is 13.5. The molecule has 0 saturated heterocycles. The first-order valence-corrected chi connectivity index (χ1v) is 11.5. The molecule has 1 unspecified atom stereocenters. The Morgan fingerprint density at radius 1 is 0.939 bits per heavy atom. The summed E-state index contributed by atoms with van der Waals surface area (Å²) in [5, 5.41) is 1.57. The predicted molar refractivity (Wildman–Crippen MR) is 133 cm³/mol. The zero-order valence-electron chi connectivity index (χ0n) is 17.9. The Bertz CT molecular complexity index is 1250. The van der Waals surface area contributed by atoms with Gasteiger partial charge in [-0.3, -0.25) is 4.98 Å². The van der Waals surface area contributed by atoms with E-state index in [0.717, 1.165) is 12.0 Å². The number of aromatic nitrogens is 3. The van der Waals surface area contributed by atoms with E-state index in [0.29, 0.717) is 43.5 Å². The molecule has 2 aromatic carbocycles. The smallest absolute Gasteiger partial charge is 0.320 e. The van der Waals surface area contributed by atoms with Crippen LogP contribution in [0, 0.1) is 0 Å². The lowest BCUT2D eigenvalue weighted by Gasteiger charge is -2.18. The van der Waals surface area contributed by atoms with Crippen LogP contribution in [-0.2, 0) is 0 Å². The first kappa shape index (κ1) is 23.3. The molecular weight excluding hydrogens is 481 g/mol. The largest absolute Gasteiger partial charge is 0.460 e. The summed E-state index contributed by atoms with van der Waals surface area (Å²) >= 11 is 18.9. The highest BCUT2D eigenvalue weighted by atomic mass is 35.5. The molecule has 33 heavy (non-hydrogen) atoms. The van der Waals surface area contributed by atoms with Crippen molar-refractivity contribution in [2.75, 3.05) is 0 Å². The minimum atomic E-state index is -0.0915. The fraction of sp³-hybridized carbons (Fsp3) is 0.160. The number of halogens is 3. The van der Waals surface area contributed by atoms with Gasteiger partial charge >= 0.3 is 6.01 Å². The Morgan fingerprint density at radius 3 is 2.36 bits per heavy atom. The Balaban J connectivity index is 1.99. The molecule has 8 heteroatoms. The molecule has 4 rings (SSSR count). The first-order valence-electron chi connectivity index (χ1n) is 10.3. The average molecular weight is 501 g/mol. The van der Waals surface area contributed by atoms with Gasteiger partial charge in [-0.1, -0.05) is 53.9 Å². The van der Waals surface area contributed by atoms with E-state index in [4.69, 9.17) is 49.3 Å². The molecular formula is C25H20Cl3N3O2. The van der Waals surface area contributed by atoms with Gasteiger partial charge in [0.2, 0.25) is 5.88 Å². The van der Waals surface area contributed by atoms with Crippen molar-refractivity contribution in [1.82, 2.24) is 15.0 Å². The Morgan fingerprint density at radius 2 is 1.70 bits per heavy atom. The van der Waals surface area contributed by atoms with E-state index in [9.17, 15) is 0 Å². The summed E-state index contributed by atoms with van der Waals surface area (Å²) in [6.45, 7) is 3.98. The van der Waals surface area contributed by atoms with E-state index in [1.54, 1.807) is 48.8 Å². The molecule has 0 aliphatic heterocycles. The average Bonchev–Trinajstić information content (AvgIpc) is 2.80. The summed E-state index contributed by atoms with van der Waals surface area (Å²) in [5.74, 6) is 0.827. The lowest BCUT2D eigenvalue weighted by Crippen LogP contribution is -2.13. The Kier molecular flexibility index (Phi) is 7.33. The van der Waals surface area contributed by atoms with Crippen LogP contribution in [0.25, 0.3) is 22.4 Å². The molecule has 0 N–H and O–H groups in total. The van der Waals surface area contributed by atoms with Gasteiger partial charge in [0.25, 0.3) is 0 Å². The molecule has 0 aliphatic rings. The van der Waals surface area contributed by atoms with Gasteiger partial charge in [0.15, 0.2) is 0 Å². The molecule has 168 valence electrons. The van der Waals surface area contributed by atoms with Crippen molar-refractivity contribution in [2.45, 2.75) is 26.4 Å². The molecule has 0 radical (unpaired) electrons. The third-order valence-corrected chi connectivity index (χ3v) is 5.70. The maximum atomic E-state index is 6.59. The van der Waals surface area contributed by atoms with Crippen molar-refractivity contribution in [3.8, 4) is 40.0 Å². The number of benzene rings is 2. The molecule has 0 fully saturated rings.